The van der Waals surface area contributed by atoms with Crippen LogP contribution >= 0.6 is 0 Å². The van der Waals surface area contributed by atoms with Crippen LogP contribution in [0.2, 0.25) is 0 Å². The third-order valence-corrected chi connectivity index (χ3v) is 4.39. The Balaban J connectivity index is 6.75. The summed E-state index contributed by atoms with van der Waals surface area (Å²) in [4.78, 5) is 46.2. The summed E-state index contributed by atoms with van der Waals surface area (Å²) in [7, 11) is 0. The van der Waals surface area contributed by atoms with E-state index in [0.29, 0.717) is 0 Å². The predicted octanol–water partition coefficient (Wildman–Crippen LogP) is 1.39. The fourth-order valence-electron chi connectivity index (χ4n) is 3.26. The first-order valence-electron chi connectivity index (χ1n) is 6.76. The van der Waals surface area contributed by atoms with Gasteiger partial charge in [0.2, 0.25) is 0 Å². The Hall–Kier alpha value is -2.12. The van der Waals surface area contributed by atoms with Crippen molar-refractivity contribution < 1.29 is 39.6 Å². The van der Waals surface area contributed by atoms with Gasteiger partial charge in [0.1, 0.15) is 0 Å². The molecule has 0 bridgehead atoms. The van der Waals surface area contributed by atoms with Gasteiger partial charge in [-0.2, -0.15) is 0 Å². The minimum absolute atomic E-state index is 0.904. The highest BCUT2D eigenvalue weighted by atomic mass is 16.4. The molecule has 0 aliphatic carbocycles. The quantitative estimate of drug-likeness (QED) is 0.498. The molecule has 0 radical (unpaired) electrons. The van der Waals surface area contributed by atoms with Gasteiger partial charge in [-0.25, -0.2) is 0 Å². The van der Waals surface area contributed by atoms with Gasteiger partial charge in [0.15, 0.2) is 0 Å². The molecule has 8 heteroatoms. The zero-order chi connectivity index (χ0) is 17.9. The molecule has 0 spiro atoms. The van der Waals surface area contributed by atoms with E-state index in [2.05, 4.69) is 0 Å². The summed E-state index contributed by atoms with van der Waals surface area (Å²) in [6, 6.07) is 0. The van der Waals surface area contributed by atoms with Crippen LogP contribution in [0.1, 0.15) is 40.5 Å². The molecule has 0 heterocycles. The van der Waals surface area contributed by atoms with Gasteiger partial charge in [0.25, 0.3) is 0 Å². The van der Waals surface area contributed by atoms with Crippen LogP contribution in [-0.4, -0.2) is 44.3 Å². The maximum absolute atomic E-state index is 11.9. The highest BCUT2D eigenvalue weighted by Crippen LogP contribution is 2.55. The summed E-state index contributed by atoms with van der Waals surface area (Å²) in [5, 5.41) is 37.5. The molecule has 8 nitrogen and oxygen atoms in total. The average molecular weight is 318 g/mol. The lowest BCUT2D eigenvalue weighted by molar-refractivity contribution is -0.193. The molecule has 126 valence electrons. The van der Waals surface area contributed by atoms with Gasteiger partial charge in [0.05, 0.1) is 23.7 Å². The smallest absolute Gasteiger partial charge is 0.311 e. The molecule has 0 aliphatic rings. The second kappa shape index (κ2) is 6.76. The van der Waals surface area contributed by atoms with Crippen molar-refractivity contribution in [3.63, 3.8) is 0 Å². The van der Waals surface area contributed by atoms with E-state index in [4.69, 9.17) is 10.2 Å². The van der Waals surface area contributed by atoms with Crippen LogP contribution in [0.15, 0.2) is 0 Å². The highest BCUT2D eigenvalue weighted by molar-refractivity contribution is 5.93. The van der Waals surface area contributed by atoms with Crippen molar-refractivity contribution in [2.75, 3.05) is 0 Å². The maximum atomic E-state index is 11.9. The number of aliphatic carboxylic acids is 4. The van der Waals surface area contributed by atoms with Crippen LogP contribution in [-0.2, 0) is 19.2 Å². The number of carbonyl (C=O) groups is 4. The van der Waals surface area contributed by atoms with Crippen molar-refractivity contribution in [1.82, 2.24) is 0 Å². The molecular formula is C14H22O8. The van der Waals surface area contributed by atoms with Crippen LogP contribution < -0.4 is 0 Å². The Morgan fingerprint density at radius 2 is 0.909 bits per heavy atom. The summed E-state index contributed by atoms with van der Waals surface area (Å²) in [6.07, 6.45) is -1.95. The second-order valence-electron chi connectivity index (χ2n) is 6.00. The number of hydrogen-bond acceptors (Lipinski definition) is 4. The van der Waals surface area contributed by atoms with Gasteiger partial charge in [-0.15, -0.1) is 0 Å². The highest BCUT2D eigenvalue weighted by Gasteiger charge is 2.66. The Bertz CT molecular complexity index is 437. The van der Waals surface area contributed by atoms with Crippen molar-refractivity contribution >= 4 is 23.9 Å². The van der Waals surface area contributed by atoms with Crippen molar-refractivity contribution in [1.29, 1.82) is 0 Å². The molecule has 0 aliphatic heterocycles. The Morgan fingerprint density at radius 3 is 1.00 bits per heavy atom. The molecule has 4 N–H and O–H groups in total. The Kier molecular flexibility index (Phi) is 6.11. The SMILES string of the molecule is CC(C)C(CC(=O)O)(C(=O)O)C(CC(=O)O)(C(=O)O)C(C)C. The van der Waals surface area contributed by atoms with Crippen molar-refractivity contribution in [2.24, 2.45) is 22.7 Å². The van der Waals surface area contributed by atoms with E-state index < -0.39 is 59.4 Å². The van der Waals surface area contributed by atoms with Crippen LogP contribution in [0, 0.1) is 22.7 Å². The summed E-state index contributed by atoms with van der Waals surface area (Å²) in [5.41, 5.74) is -4.51. The first kappa shape index (κ1) is 19.9. The van der Waals surface area contributed by atoms with Crippen LogP contribution in [0.4, 0.5) is 0 Å². The fraction of sp³-hybridized carbons (Fsp3) is 0.714. The first-order valence-corrected chi connectivity index (χ1v) is 6.76. The monoisotopic (exact) mass is 318 g/mol. The molecule has 0 saturated heterocycles. The van der Waals surface area contributed by atoms with E-state index >= 15 is 0 Å². The number of carboxylic acids is 4. The molecule has 0 aromatic carbocycles. The van der Waals surface area contributed by atoms with Gasteiger partial charge >= 0.3 is 23.9 Å². The largest absolute Gasteiger partial charge is 0.481 e. The third kappa shape index (κ3) is 3.05. The zero-order valence-electron chi connectivity index (χ0n) is 13.0. The van der Waals surface area contributed by atoms with Gasteiger partial charge < -0.3 is 20.4 Å². The Morgan fingerprint density at radius 1 is 0.682 bits per heavy atom. The molecule has 0 rings (SSSR count). The molecule has 0 fully saturated rings. The molecule has 0 aromatic rings. The summed E-state index contributed by atoms with van der Waals surface area (Å²) < 4.78 is 0. The zero-order valence-corrected chi connectivity index (χ0v) is 13.0. The van der Waals surface area contributed by atoms with Gasteiger partial charge in [-0.1, -0.05) is 27.7 Å². The predicted molar refractivity (Wildman–Crippen MR) is 74.3 cm³/mol. The molecule has 0 saturated carbocycles. The summed E-state index contributed by atoms with van der Waals surface area (Å²) in [6.45, 7) is 5.55. The van der Waals surface area contributed by atoms with Gasteiger partial charge in [-0.3, -0.25) is 19.2 Å². The standard InChI is InChI=1S/C14H22O8/c1-7(2)13(11(19)20,5-9(15)16)14(8(3)4,12(21)22)6-10(17)18/h7-8H,5-6H2,1-4H3,(H,15,16)(H,17,18)(H,19,20)(H,21,22). The second-order valence-corrected chi connectivity index (χ2v) is 6.00. The van der Waals surface area contributed by atoms with E-state index in [9.17, 15) is 29.4 Å². The minimum Gasteiger partial charge on any atom is -0.481 e. The lowest BCUT2D eigenvalue weighted by atomic mass is 9.50. The van der Waals surface area contributed by atoms with E-state index in [1.54, 1.807) is 0 Å². The normalized spacial score (nSPS) is 16.8. The first-order chi connectivity index (χ1) is 9.86. The molecule has 2 unspecified atom stereocenters. The molecular weight excluding hydrogens is 296 g/mol. The van der Waals surface area contributed by atoms with E-state index in [1.807, 2.05) is 0 Å². The van der Waals surface area contributed by atoms with Crippen molar-refractivity contribution in [3.8, 4) is 0 Å². The van der Waals surface area contributed by atoms with E-state index in [1.165, 1.54) is 27.7 Å². The maximum Gasteiger partial charge on any atom is 0.311 e. The molecule has 22 heavy (non-hydrogen) atoms. The topological polar surface area (TPSA) is 149 Å². The minimum atomic E-state index is -2.25. The fourth-order valence-corrected chi connectivity index (χ4v) is 3.26. The molecule has 0 aromatic heterocycles. The average Bonchev–Trinajstić information content (AvgIpc) is 2.30. The number of rotatable bonds is 9. The van der Waals surface area contributed by atoms with Crippen molar-refractivity contribution in [2.45, 2.75) is 40.5 Å². The van der Waals surface area contributed by atoms with Gasteiger partial charge in [-0.05, 0) is 11.8 Å². The summed E-state index contributed by atoms with van der Waals surface area (Å²) >= 11 is 0. The number of hydrogen-bond donors (Lipinski definition) is 4. The van der Waals surface area contributed by atoms with Gasteiger partial charge in [0, 0.05) is 0 Å². The van der Waals surface area contributed by atoms with Crippen molar-refractivity contribution in [3.05, 3.63) is 0 Å². The molecule has 2 atom stereocenters. The van der Waals surface area contributed by atoms with E-state index in [0.717, 1.165) is 0 Å². The van der Waals surface area contributed by atoms with Crippen LogP contribution in [0.3, 0.4) is 0 Å². The summed E-state index contributed by atoms with van der Waals surface area (Å²) in [5.74, 6) is -8.04. The van der Waals surface area contributed by atoms with Crippen LogP contribution in [0.5, 0.6) is 0 Å². The molecule has 0 amide bonds. The third-order valence-electron chi connectivity index (χ3n) is 4.39. The van der Waals surface area contributed by atoms with E-state index in [-0.39, 0.29) is 0 Å². The van der Waals surface area contributed by atoms with Crippen LogP contribution in [0.25, 0.3) is 0 Å². The Labute approximate surface area is 127 Å². The lowest BCUT2D eigenvalue weighted by Crippen LogP contribution is -2.60. The number of carboxylic acid groups (broad SMARTS) is 4. The lowest BCUT2D eigenvalue weighted by Gasteiger charge is -2.48.